The van der Waals surface area contributed by atoms with Crippen molar-refractivity contribution >= 4 is 11.6 Å². The van der Waals surface area contributed by atoms with Gasteiger partial charge in [0.1, 0.15) is 5.75 Å². The van der Waals surface area contributed by atoms with Gasteiger partial charge in [0.15, 0.2) is 0 Å². The Morgan fingerprint density at radius 3 is 2.82 bits per heavy atom. The molecule has 0 atom stereocenters. The molecule has 0 spiro atoms. The van der Waals surface area contributed by atoms with Gasteiger partial charge in [-0.3, -0.25) is 9.67 Å². The van der Waals surface area contributed by atoms with E-state index < -0.39 is 0 Å². The molecule has 0 aromatic carbocycles. The maximum absolute atomic E-state index is 5.66. The van der Waals surface area contributed by atoms with Crippen molar-refractivity contribution in [2.45, 2.75) is 12.3 Å². The second-order valence-corrected chi connectivity index (χ2v) is 3.93. The predicted octanol–water partition coefficient (Wildman–Crippen LogP) is 2.18. The molecular weight excluding hydrogens is 238 g/mol. The minimum absolute atomic E-state index is 0.426. The van der Waals surface area contributed by atoms with Crippen LogP contribution in [0.4, 0.5) is 0 Å². The number of hydrogen-bond acceptors (Lipinski definition) is 3. The molecule has 0 aliphatic rings. The third-order valence-electron chi connectivity index (χ3n) is 2.48. The van der Waals surface area contributed by atoms with Crippen LogP contribution in [0, 0.1) is 0 Å². The van der Waals surface area contributed by atoms with Crippen LogP contribution in [-0.4, -0.2) is 21.4 Å². The molecule has 2 aromatic rings. The molecule has 2 rings (SSSR count). The van der Waals surface area contributed by atoms with Gasteiger partial charge in [0, 0.05) is 25.4 Å². The molecule has 0 saturated carbocycles. The highest BCUT2D eigenvalue weighted by Gasteiger charge is 2.00. The highest BCUT2D eigenvalue weighted by Crippen LogP contribution is 2.10. The molecule has 0 fully saturated rings. The Morgan fingerprint density at radius 1 is 1.35 bits per heavy atom. The van der Waals surface area contributed by atoms with E-state index in [-0.39, 0.29) is 0 Å². The minimum Gasteiger partial charge on any atom is -0.492 e. The molecule has 0 saturated heterocycles. The van der Waals surface area contributed by atoms with Crippen molar-refractivity contribution in [3.05, 3.63) is 42.0 Å². The second kappa shape index (κ2) is 5.68. The largest absolute Gasteiger partial charge is 0.492 e. The second-order valence-electron chi connectivity index (χ2n) is 3.66. The van der Waals surface area contributed by atoms with E-state index in [1.165, 1.54) is 0 Å². The van der Waals surface area contributed by atoms with Gasteiger partial charge in [0.2, 0.25) is 0 Å². The normalized spacial score (nSPS) is 10.5. The summed E-state index contributed by atoms with van der Waals surface area (Å²) in [6.45, 7) is 0.613. The van der Waals surface area contributed by atoms with Gasteiger partial charge in [-0.15, -0.1) is 11.6 Å². The molecule has 0 radical (unpaired) electrons. The van der Waals surface area contributed by atoms with Gasteiger partial charge in [-0.25, -0.2) is 0 Å². The van der Waals surface area contributed by atoms with Gasteiger partial charge in [-0.2, -0.15) is 5.10 Å². The quantitative estimate of drug-likeness (QED) is 0.765. The summed E-state index contributed by atoms with van der Waals surface area (Å²) in [4.78, 5) is 4.16. The smallest absolute Gasteiger partial charge is 0.137 e. The van der Waals surface area contributed by atoms with Crippen molar-refractivity contribution in [1.82, 2.24) is 14.8 Å². The van der Waals surface area contributed by atoms with Crippen molar-refractivity contribution in [3.63, 3.8) is 0 Å². The molecule has 0 amide bonds. The Morgan fingerprint density at radius 2 is 2.24 bits per heavy atom. The third-order valence-corrected chi connectivity index (χ3v) is 2.76. The van der Waals surface area contributed by atoms with E-state index >= 15 is 0 Å². The highest BCUT2D eigenvalue weighted by molar-refractivity contribution is 6.16. The molecule has 17 heavy (non-hydrogen) atoms. The summed E-state index contributed by atoms with van der Waals surface area (Å²) in [6, 6.07) is 5.73. The first-order valence-electron chi connectivity index (χ1n) is 5.40. The fourth-order valence-corrected chi connectivity index (χ4v) is 1.65. The van der Waals surface area contributed by atoms with E-state index in [1.54, 1.807) is 12.4 Å². The predicted molar refractivity (Wildman–Crippen MR) is 66.2 cm³/mol. The number of pyridine rings is 1. The molecule has 2 heterocycles. The Balaban J connectivity index is 1.83. The average Bonchev–Trinajstić information content (AvgIpc) is 2.76. The number of alkyl halides is 1. The standard InChI is InChI=1S/C12H14ClN3O/c1-16-11(4-6-15-16)5-7-17-12-3-2-10(8-13)14-9-12/h2-4,6,9H,5,7-8H2,1H3. The van der Waals surface area contributed by atoms with Crippen LogP contribution in [0.15, 0.2) is 30.6 Å². The molecule has 5 heteroatoms. The summed E-state index contributed by atoms with van der Waals surface area (Å²) < 4.78 is 7.43. The van der Waals surface area contributed by atoms with E-state index in [0.717, 1.165) is 23.6 Å². The third kappa shape index (κ3) is 3.20. The summed E-state index contributed by atoms with van der Waals surface area (Å²) in [5, 5.41) is 4.10. The monoisotopic (exact) mass is 251 g/mol. The highest BCUT2D eigenvalue weighted by atomic mass is 35.5. The lowest BCUT2D eigenvalue weighted by molar-refractivity contribution is 0.317. The maximum Gasteiger partial charge on any atom is 0.137 e. The van der Waals surface area contributed by atoms with Gasteiger partial charge >= 0.3 is 0 Å². The first kappa shape index (κ1) is 11.9. The fraction of sp³-hybridized carbons (Fsp3) is 0.333. The van der Waals surface area contributed by atoms with Gasteiger partial charge in [-0.1, -0.05) is 0 Å². The lowest BCUT2D eigenvalue weighted by Gasteiger charge is -2.06. The summed E-state index contributed by atoms with van der Waals surface area (Å²) in [5.74, 6) is 1.19. The fourth-order valence-electron chi connectivity index (χ4n) is 1.50. The van der Waals surface area contributed by atoms with Gasteiger partial charge in [0.25, 0.3) is 0 Å². The van der Waals surface area contributed by atoms with Crippen molar-refractivity contribution < 1.29 is 4.74 Å². The zero-order valence-electron chi connectivity index (χ0n) is 9.64. The SMILES string of the molecule is Cn1nccc1CCOc1ccc(CCl)nc1. The van der Waals surface area contributed by atoms with Crippen LogP contribution in [0.5, 0.6) is 5.75 Å². The molecule has 90 valence electrons. The number of rotatable bonds is 5. The number of ether oxygens (including phenoxy) is 1. The van der Waals surface area contributed by atoms with E-state index in [9.17, 15) is 0 Å². The minimum atomic E-state index is 0.426. The van der Waals surface area contributed by atoms with E-state index in [0.29, 0.717) is 12.5 Å². The van der Waals surface area contributed by atoms with Crippen LogP contribution in [0.1, 0.15) is 11.4 Å². The molecule has 0 aliphatic heterocycles. The van der Waals surface area contributed by atoms with Crippen LogP contribution in [-0.2, 0) is 19.3 Å². The number of halogens is 1. The van der Waals surface area contributed by atoms with Crippen LogP contribution in [0.2, 0.25) is 0 Å². The van der Waals surface area contributed by atoms with Crippen molar-refractivity contribution in [2.24, 2.45) is 7.05 Å². The summed E-state index contributed by atoms with van der Waals surface area (Å²) >= 11 is 5.66. The molecule has 4 nitrogen and oxygen atoms in total. The lowest BCUT2D eigenvalue weighted by atomic mass is 10.3. The first-order valence-corrected chi connectivity index (χ1v) is 5.93. The summed E-state index contributed by atoms with van der Waals surface area (Å²) in [5.41, 5.74) is 2.00. The topological polar surface area (TPSA) is 39.9 Å². The van der Waals surface area contributed by atoms with Gasteiger partial charge < -0.3 is 4.74 Å². The maximum atomic E-state index is 5.66. The number of hydrogen-bond donors (Lipinski definition) is 0. The van der Waals surface area contributed by atoms with Crippen LogP contribution in [0.3, 0.4) is 0 Å². The van der Waals surface area contributed by atoms with E-state index in [2.05, 4.69) is 10.1 Å². The summed E-state index contributed by atoms with van der Waals surface area (Å²) in [6.07, 6.45) is 4.31. The molecule has 0 unspecified atom stereocenters. The van der Waals surface area contributed by atoms with Crippen LogP contribution < -0.4 is 4.74 Å². The van der Waals surface area contributed by atoms with E-state index in [4.69, 9.17) is 16.3 Å². The summed E-state index contributed by atoms with van der Waals surface area (Å²) in [7, 11) is 1.92. The van der Waals surface area contributed by atoms with Gasteiger partial charge in [-0.05, 0) is 18.2 Å². The Bertz CT molecular complexity index is 467. The average molecular weight is 252 g/mol. The first-order chi connectivity index (χ1) is 8.29. The van der Waals surface area contributed by atoms with Crippen molar-refractivity contribution in [2.75, 3.05) is 6.61 Å². The Hall–Kier alpha value is -1.55. The van der Waals surface area contributed by atoms with Crippen LogP contribution in [0.25, 0.3) is 0 Å². The Labute approximate surface area is 105 Å². The molecular formula is C12H14ClN3O. The number of aryl methyl sites for hydroxylation is 1. The number of nitrogens with zero attached hydrogens (tertiary/aromatic N) is 3. The molecule has 0 N–H and O–H groups in total. The molecule has 0 aliphatic carbocycles. The Kier molecular flexibility index (Phi) is 3.98. The van der Waals surface area contributed by atoms with Crippen molar-refractivity contribution in [3.8, 4) is 5.75 Å². The van der Waals surface area contributed by atoms with E-state index in [1.807, 2.05) is 29.9 Å². The molecule has 0 bridgehead atoms. The zero-order chi connectivity index (χ0) is 12.1. The van der Waals surface area contributed by atoms with Crippen LogP contribution >= 0.6 is 11.6 Å². The van der Waals surface area contributed by atoms with Crippen molar-refractivity contribution in [1.29, 1.82) is 0 Å². The molecule has 2 aromatic heterocycles. The lowest BCUT2D eigenvalue weighted by Crippen LogP contribution is -2.06. The number of aromatic nitrogens is 3. The van der Waals surface area contributed by atoms with Gasteiger partial charge in [0.05, 0.1) is 24.4 Å². The zero-order valence-corrected chi connectivity index (χ0v) is 10.4.